The number of ketones is 1. The molecule has 21 heavy (non-hydrogen) atoms. The summed E-state index contributed by atoms with van der Waals surface area (Å²) in [6.45, 7) is 0.931. The maximum Gasteiger partial charge on any atom is 0.167 e. The highest BCUT2D eigenvalue weighted by atomic mass is 35.5. The second kappa shape index (κ2) is 5.86. The molecule has 0 amide bonds. The number of rotatable bonds is 3. The lowest BCUT2D eigenvalue weighted by atomic mass is 9.93. The standard InChI is InChI=1S/C17H15ClFNO/c18-17-11(4-1-7-14(17)19)10-16(21)13-5-2-8-15-12(13)6-3-9-20-15/h1-2,4-5,7-8,20H,3,6,9-10H2. The Bertz CT molecular complexity index is 699. The summed E-state index contributed by atoms with van der Waals surface area (Å²) in [4.78, 5) is 12.5. The van der Waals surface area contributed by atoms with Crippen LogP contribution in [0.5, 0.6) is 0 Å². The van der Waals surface area contributed by atoms with E-state index < -0.39 is 5.82 Å². The second-order valence-corrected chi connectivity index (χ2v) is 5.55. The van der Waals surface area contributed by atoms with Gasteiger partial charge in [0.05, 0.1) is 5.02 Å². The Morgan fingerprint density at radius 1 is 1.24 bits per heavy atom. The van der Waals surface area contributed by atoms with Gasteiger partial charge in [-0.15, -0.1) is 0 Å². The van der Waals surface area contributed by atoms with Gasteiger partial charge in [0.1, 0.15) is 5.82 Å². The molecule has 1 N–H and O–H groups in total. The lowest BCUT2D eigenvalue weighted by Crippen LogP contribution is -2.16. The van der Waals surface area contributed by atoms with E-state index in [1.165, 1.54) is 6.07 Å². The molecule has 0 spiro atoms. The summed E-state index contributed by atoms with van der Waals surface area (Å²) in [6, 6.07) is 10.3. The van der Waals surface area contributed by atoms with Crippen LogP contribution in [0.3, 0.4) is 0 Å². The third kappa shape index (κ3) is 2.79. The molecule has 1 aliphatic heterocycles. The van der Waals surface area contributed by atoms with Gasteiger partial charge in [-0.25, -0.2) is 4.39 Å². The first kappa shape index (κ1) is 14.1. The third-order valence-corrected chi connectivity index (χ3v) is 4.20. The van der Waals surface area contributed by atoms with Crippen LogP contribution >= 0.6 is 11.6 Å². The highest BCUT2D eigenvalue weighted by molar-refractivity contribution is 6.31. The molecule has 0 fully saturated rings. The Hall–Kier alpha value is -1.87. The number of fused-ring (bicyclic) bond motifs is 1. The minimum Gasteiger partial charge on any atom is -0.385 e. The maximum atomic E-state index is 13.5. The van der Waals surface area contributed by atoms with Gasteiger partial charge in [0.25, 0.3) is 0 Å². The molecule has 2 aromatic rings. The monoisotopic (exact) mass is 303 g/mol. The van der Waals surface area contributed by atoms with Gasteiger partial charge in [-0.05, 0) is 36.1 Å². The molecule has 3 rings (SSSR count). The lowest BCUT2D eigenvalue weighted by Gasteiger charge is -2.20. The number of carbonyl (C=O) groups is 1. The molecule has 1 aliphatic rings. The minimum atomic E-state index is -0.487. The van der Waals surface area contributed by atoms with Crippen LogP contribution in [0.25, 0.3) is 0 Å². The highest BCUT2D eigenvalue weighted by Gasteiger charge is 2.18. The zero-order valence-corrected chi connectivity index (χ0v) is 12.2. The number of hydrogen-bond donors (Lipinski definition) is 1. The van der Waals surface area contributed by atoms with Gasteiger partial charge in [0.15, 0.2) is 5.78 Å². The molecule has 1 heterocycles. The summed E-state index contributed by atoms with van der Waals surface area (Å²) < 4.78 is 13.5. The van der Waals surface area contributed by atoms with Crippen molar-refractivity contribution < 1.29 is 9.18 Å². The van der Waals surface area contributed by atoms with Gasteiger partial charge in [0.2, 0.25) is 0 Å². The van der Waals surface area contributed by atoms with Crippen molar-refractivity contribution in [3.8, 4) is 0 Å². The fourth-order valence-electron chi connectivity index (χ4n) is 2.72. The van der Waals surface area contributed by atoms with E-state index in [0.717, 1.165) is 30.6 Å². The van der Waals surface area contributed by atoms with Crippen molar-refractivity contribution in [2.24, 2.45) is 0 Å². The molecule has 4 heteroatoms. The molecular formula is C17H15ClFNO. The van der Waals surface area contributed by atoms with Crippen LogP contribution in [0.1, 0.15) is 27.9 Å². The van der Waals surface area contributed by atoms with Gasteiger partial charge in [-0.1, -0.05) is 35.9 Å². The molecular weight excluding hydrogens is 289 g/mol. The third-order valence-electron chi connectivity index (χ3n) is 3.78. The summed E-state index contributed by atoms with van der Waals surface area (Å²) in [7, 11) is 0. The number of halogens is 2. The normalized spacial score (nSPS) is 13.4. The highest BCUT2D eigenvalue weighted by Crippen LogP contribution is 2.27. The Balaban J connectivity index is 1.91. The van der Waals surface area contributed by atoms with Gasteiger partial charge < -0.3 is 5.32 Å². The molecule has 0 saturated carbocycles. The van der Waals surface area contributed by atoms with Crippen LogP contribution in [0.2, 0.25) is 5.02 Å². The molecule has 0 aliphatic carbocycles. The van der Waals surface area contributed by atoms with E-state index in [-0.39, 0.29) is 17.2 Å². The van der Waals surface area contributed by atoms with E-state index >= 15 is 0 Å². The Morgan fingerprint density at radius 2 is 2.05 bits per heavy atom. The quantitative estimate of drug-likeness (QED) is 0.858. The molecule has 2 nitrogen and oxygen atoms in total. The number of benzene rings is 2. The topological polar surface area (TPSA) is 29.1 Å². The average Bonchev–Trinajstić information content (AvgIpc) is 2.51. The van der Waals surface area contributed by atoms with Crippen molar-refractivity contribution in [2.45, 2.75) is 19.3 Å². The lowest BCUT2D eigenvalue weighted by molar-refractivity contribution is 0.0992. The summed E-state index contributed by atoms with van der Waals surface area (Å²) in [5.41, 5.74) is 3.32. The zero-order valence-electron chi connectivity index (χ0n) is 11.5. The van der Waals surface area contributed by atoms with Crippen LogP contribution in [0.4, 0.5) is 10.1 Å². The fourth-order valence-corrected chi connectivity index (χ4v) is 2.92. The first-order chi connectivity index (χ1) is 10.2. The Morgan fingerprint density at radius 3 is 2.90 bits per heavy atom. The number of anilines is 1. The van der Waals surface area contributed by atoms with Crippen molar-refractivity contribution >= 4 is 23.1 Å². The predicted octanol–water partition coefficient (Wildman–Crippen LogP) is 4.26. The molecule has 0 saturated heterocycles. The van der Waals surface area contributed by atoms with Crippen LogP contribution in [-0.2, 0) is 12.8 Å². The molecule has 0 bridgehead atoms. The Kier molecular flexibility index (Phi) is 3.93. The molecule has 0 aromatic heterocycles. The van der Waals surface area contributed by atoms with Crippen molar-refractivity contribution in [2.75, 3.05) is 11.9 Å². The number of hydrogen-bond acceptors (Lipinski definition) is 2. The maximum absolute atomic E-state index is 13.5. The van der Waals surface area contributed by atoms with Crippen molar-refractivity contribution in [3.63, 3.8) is 0 Å². The first-order valence-corrected chi connectivity index (χ1v) is 7.36. The van der Waals surface area contributed by atoms with E-state index in [2.05, 4.69) is 5.32 Å². The van der Waals surface area contributed by atoms with Crippen LogP contribution in [0.15, 0.2) is 36.4 Å². The van der Waals surface area contributed by atoms with Crippen molar-refractivity contribution in [3.05, 3.63) is 63.9 Å². The van der Waals surface area contributed by atoms with E-state index in [0.29, 0.717) is 11.1 Å². The van der Waals surface area contributed by atoms with Gasteiger partial charge in [-0.3, -0.25) is 4.79 Å². The van der Waals surface area contributed by atoms with E-state index in [4.69, 9.17) is 11.6 Å². The molecule has 0 atom stereocenters. The van der Waals surface area contributed by atoms with Crippen LogP contribution < -0.4 is 5.32 Å². The van der Waals surface area contributed by atoms with Crippen LogP contribution in [-0.4, -0.2) is 12.3 Å². The molecule has 0 radical (unpaired) electrons. The van der Waals surface area contributed by atoms with E-state index in [9.17, 15) is 9.18 Å². The molecule has 0 unspecified atom stereocenters. The smallest absolute Gasteiger partial charge is 0.167 e. The van der Waals surface area contributed by atoms with Crippen molar-refractivity contribution in [1.82, 2.24) is 0 Å². The summed E-state index contributed by atoms with van der Waals surface area (Å²) >= 11 is 5.93. The number of nitrogens with one attached hydrogen (secondary N) is 1. The van der Waals surface area contributed by atoms with Crippen LogP contribution in [0, 0.1) is 5.82 Å². The predicted molar refractivity (Wildman–Crippen MR) is 82.7 cm³/mol. The van der Waals surface area contributed by atoms with Gasteiger partial charge >= 0.3 is 0 Å². The van der Waals surface area contributed by atoms with Crippen molar-refractivity contribution in [1.29, 1.82) is 0 Å². The minimum absolute atomic E-state index is 0.0250. The fraction of sp³-hybridized carbons (Fsp3) is 0.235. The summed E-state index contributed by atoms with van der Waals surface area (Å²) in [6.07, 6.45) is 2.02. The van der Waals surface area contributed by atoms with Gasteiger partial charge in [-0.2, -0.15) is 0 Å². The SMILES string of the molecule is O=C(Cc1cccc(F)c1Cl)c1cccc2c1CCCN2. The number of carbonyl (C=O) groups excluding carboxylic acids is 1. The first-order valence-electron chi connectivity index (χ1n) is 6.98. The van der Waals surface area contributed by atoms with E-state index in [1.54, 1.807) is 12.1 Å². The Labute approximate surface area is 127 Å². The second-order valence-electron chi connectivity index (χ2n) is 5.17. The number of Topliss-reactive ketones (excluding diaryl/α,β-unsaturated/α-hetero) is 1. The molecule has 2 aromatic carbocycles. The van der Waals surface area contributed by atoms with E-state index in [1.807, 2.05) is 18.2 Å². The van der Waals surface area contributed by atoms with Gasteiger partial charge in [0, 0.05) is 24.2 Å². The molecule has 108 valence electrons. The average molecular weight is 304 g/mol. The largest absolute Gasteiger partial charge is 0.385 e. The summed E-state index contributed by atoms with van der Waals surface area (Å²) in [5.74, 6) is -0.512. The summed E-state index contributed by atoms with van der Waals surface area (Å²) in [5, 5.41) is 3.34. The zero-order chi connectivity index (χ0) is 14.8.